The molecule has 0 aliphatic rings. The van der Waals surface area contributed by atoms with Crippen LogP contribution < -0.4 is 5.32 Å². The van der Waals surface area contributed by atoms with Gasteiger partial charge in [0, 0.05) is 6.42 Å². The SMILES string of the molecule is CCOC(=O)C(NC(=O)OC(C)(C)C)C(O)CCCC(=O)OCc1ccccc1. The molecule has 29 heavy (non-hydrogen) atoms. The van der Waals surface area contributed by atoms with E-state index in [0.29, 0.717) is 0 Å². The number of nitrogens with one attached hydrogen (secondary N) is 1. The van der Waals surface area contributed by atoms with Crippen molar-refractivity contribution in [2.24, 2.45) is 0 Å². The molecule has 2 unspecified atom stereocenters. The van der Waals surface area contributed by atoms with Gasteiger partial charge < -0.3 is 24.6 Å². The number of hydrogen-bond donors (Lipinski definition) is 2. The zero-order valence-corrected chi connectivity index (χ0v) is 17.5. The van der Waals surface area contributed by atoms with Gasteiger partial charge in [-0.2, -0.15) is 0 Å². The highest BCUT2D eigenvalue weighted by Gasteiger charge is 2.31. The number of aliphatic hydroxyl groups excluding tert-OH is 1. The Hall–Kier alpha value is -2.61. The van der Waals surface area contributed by atoms with E-state index in [2.05, 4.69) is 5.32 Å². The van der Waals surface area contributed by atoms with Crippen molar-refractivity contribution < 1.29 is 33.7 Å². The summed E-state index contributed by atoms with van der Waals surface area (Å²) in [7, 11) is 0. The molecule has 1 aromatic carbocycles. The fourth-order valence-corrected chi connectivity index (χ4v) is 2.41. The zero-order chi connectivity index (χ0) is 21.9. The van der Waals surface area contributed by atoms with Crippen LogP contribution in [0.5, 0.6) is 0 Å². The first-order chi connectivity index (χ1) is 13.6. The number of hydrogen-bond acceptors (Lipinski definition) is 7. The Labute approximate surface area is 171 Å². The molecule has 0 fully saturated rings. The number of ether oxygens (including phenoxy) is 3. The molecule has 0 aliphatic carbocycles. The Kier molecular flexibility index (Phi) is 10.2. The molecule has 1 aromatic rings. The molecule has 0 spiro atoms. The minimum atomic E-state index is -1.29. The highest BCUT2D eigenvalue weighted by atomic mass is 16.6. The lowest BCUT2D eigenvalue weighted by Crippen LogP contribution is -2.50. The molecule has 8 heteroatoms. The van der Waals surface area contributed by atoms with Gasteiger partial charge in [0.2, 0.25) is 0 Å². The first-order valence-electron chi connectivity index (χ1n) is 9.66. The van der Waals surface area contributed by atoms with Gasteiger partial charge in [0.05, 0.1) is 12.7 Å². The predicted molar refractivity (Wildman–Crippen MR) is 106 cm³/mol. The van der Waals surface area contributed by atoms with Gasteiger partial charge >= 0.3 is 18.0 Å². The van der Waals surface area contributed by atoms with E-state index in [0.717, 1.165) is 5.56 Å². The normalized spacial score (nSPS) is 13.1. The second-order valence-electron chi connectivity index (χ2n) is 7.48. The number of carbonyl (C=O) groups excluding carboxylic acids is 3. The largest absolute Gasteiger partial charge is 0.464 e. The van der Waals surface area contributed by atoms with E-state index in [1.165, 1.54) is 0 Å². The van der Waals surface area contributed by atoms with E-state index >= 15 is 0 Å². The minimum Gasteiger partial charge on any atom is -0.464 e. The topological polar surface area (TPSA) is 111 Å². The molecule has 0 saturated heterocycles. The second-order valence-corrected chi connectivity index (χ2v) is 7.48. The third-order valence-electron chi connectivity index (χ3n) is 3.72. The Morgan fingerprint density at radius 3 is 2.34 bits per heavy atom. The molecule has 0 bridgehead atoms. The Morgan fingerprint density at radius 2 is 1.76 bits per heavy atom. The van der Waals surface area contributed by atoms with Crippen molar-refractivity contribution in [1.82, 2.24) is 5.32 Å². The van der Waals surface area contributed by atoms with Crippen LogP contribution in [0.15, 0.2) is 30.3 Å². The van der Waals surface area contributed by atoms with Crippen LogP contribution in [0.1, 0.15) is 52.5 Å². The third kappa shape index (κ3) is 10.5. The van der Waals surface area contributed by atoms with E-state index in [1.807, 2.05) is 30.3 Å². The van der Waals surface area contributed by atoms with Crippen molar-refractivity contribution in [1.29, 1.82) is 0 Å². The summed E-state index contributed by atoms with van der Waals surface area (Å²) in [6.45, 7) is 6.95. The Bertz CT molecular complexity index is 655. The lowest BCUT2D eigenvalue weighted by atomic mass is 10.0. The molecule has 8 nitrogen and oxygen atoms in total. The maximum absolute atomic E-state index is 12.1. The summed E-state index contributed by atoms with van der Waals surface area (Å²) in [4.78, 5) is 35.9. The fraction of sp³-hybridized carbons (Fsp3) is 0.571. The van der Waals surface area contributed by atoms with Crippen LogP contribution in [0, 0.1) is 0 Å². The average molecular weight is 409 g/mol. The third-order valence-corrected chi connectivity index (χ3v) is 3.72. The summed E-state index contributed by atoms with van der Waals surface area (Å²) in [6.07, 6.45) is -1.62. The average Bonchev–Trinajstić information content (AvgIpc) is 2.64. The molecule has 0 heterocycles. The van der Waals surface area contributed by atoms with Crippen LogP contribution in [0.25, 0.3) is 0 Å². The number of carbonyl (C=O) groups is 3. The summed E-state index contributed by atoms with van der Waals surface area (Å²) in [5.41, 5.74) is 0.126. The molecule has 0 aromatic heterocycles. The highest BCUT2D eigenvalue weighted by molar-refractivity contribution is 5.82. The van der Waals surface area contributed by atoms with E-state index in [1.54, 1.807) is 27.7 Å². The van der Waals surface area contributed by atoms with Crippen molar-refractivity contribution in [3.05, 3.63) is 35.9 Å². The van der Waals surface area contributed by atoms with Gasteiger partial charge in [0.25, 0.3) is 0 Å². The van der Waals surface area contributed by atoms with Gasteiger partial charge in [-0.15, -0.1) is 0 Å². The maximum Gasteiger partial charge on any atom is 0.408 e. The van der Waals surface area contributed by atoms with Crippen molar-refractivity contribution >= 4 is 18.0 Å². The maximum atomic E-state index is 12.1. The van der Waals surface area contributed by atoms with Gasteiger partial charge in [0.1, 0.15) is 12.2 Å². The second kappa shape index (κ2) is 12.1. The van der Waals surface area contributed by atoms with Gasteiger partial charge in [0.15, 0.2) is 6.04 Å². The van der Waals surface area contributed by atoms with Crippen molar-refractivity contribution in [2.45, 2.75) is 71.3 Å². The van der Waals surface area contributed by atoms with Gasteiger partial charge in [-0.05, 0) is 46.1 Å². The smallest absolute Gasteiger partial charge is 0.408 e. The quantitative estimate of drug-likeness (QED) is 0.451. The lowest BCUT2D eigenvalue weighted by Gasteiger charge is -2.25. The van der Waals surface area contributed by atoms with Crippen molar-refractivity contribution in [2.75, 3.05) is 6.61 Å². The summed E-state index contributed by atoms with van der Waals surface area (Å²) in [5, 5.41) is 12.7. The molecule has 0 aliphatic heterocycles. The van der Waals surface area contributed by atoms with Gasteiger partial charge in [-0.1, -0.05) is 30.3 Å². The molecule has 1 rings (SSSR count). The number of benzene rings is 1. The van der Waals surface area contributed by atoms with Crippen LogP contribution in [-0.4, -0.2) is 47.5 Å². The van der Waals surface area contributed by atoms with Gasteiger partial charge in [-0.25, -0.2) is 9.59 Å². The standard InChI is InChI=1S/C21H31NO7/c1-5-27-19(25)18(22-20(26)29-21(2,3)4)16(23)12-9-13-17(24)28-14-15-10-7-6-8-11-15/h6-8,10-11,16,18,23H,5,9,12-14H2,1-4H3,(H,22,26). The summed E-state index contributed by atoms with van der Waals surface area (Å²) < 4.78 is 15.2. The van der Waals surface area contributed by atoms with E-state index in [9.17, 15) is 19.5 Å². The number of rotatable bonds is 10. The van der Waals surface area contributed by atoms with Crippen molar-refractivity contribution in [3.63, 3.8) is 0 Å². The number of esters is 2. The van der Waals surface area contributed by atoms with Crippen LogP contribution >= 0.6 is 0 Å². The zero-order valence-electron chi connectivity index (χ0n) is 17.5. The van der Waals surface area contributed by atoms with E-state index < -0.39 is 35.8 Å². The summed E-state index contributed by atoms with van der Waals surface area (Å²) in [6, 6.07) is 7.99. The molecule has 0 radical (unpaired) electrons. The predicted octanol–water partition coefficient (Wildman–Crippen LogP) is 2.72. The monoisotopic (exact) mass is 409 g/mol. The van der Waals surface area contributed by atoms with Crippen LogP contribution in [0.4, 0.5) is 4.79 Å². The van der Waals surface area contributed by atoms with Crippen molar-refractivity contribution in [3.8, 4) is 0 Å². The Morgan fingerprint density at radius 1 is 1.10 bits per heavy atom. The molecule has 2 atom stereocenters. The summed E-state index contributed by atoms with van der Waals surface area (Å²) in [5.74, 6) is -1.17. The molecule has 0 saturated carbocycles. The van der Waals surface area contributed by atoms with E-state index in [4.69, 9.17) is 14.2 Å². The fourth-order valence-electron chi connectivity index (χ4n) is 2.41. The van der Waals surface area contributed by atoms with Crippen LogP contribution in [0.3, 0.4) is 0 Å². The summed E-state index contributed by atoms with van der Waals surface area (Å²) >= 11 is 0. The van der Waals surface area contributed by atoms with Gasteiger partial charge in [-0.3, -0.25) is 4.79 Å². The molecule has 2 N–H and O–H groups in total. The highest BCUT2D eigenvalue weighted by Crippen LogP contribution is 2.11. The first kappa shape index (κ1) is 24.4. The first-order valence-corrected chi connectivity index (χ1v) is 9.66. The number of aliphatic hydroxyl groups is 1. The molecule has 1 amide bonds. The van der Waals surface area contributed by atoms with Crippen LogP contribution in [-0.2, 0) is 30.4 Å². The molecular weight excluding hydrogens is 378 g/mol. The molecular formula is C21H31NO7. The molecule has 162 valence electrons. The minimum absolute atomic E-state index is 0.0753. The number of amides is 1. The Balaban J connectivity index is 2.49. The van der Waals surface area contributed by atoms with E-state index in [-0.39, 0.29) is 32.5 Å². The lowest BCUT2D eigenvalue weighted by molar-refractivity contribution is -0.148. The van der Waals surface area contributed by atoms with Crippen LogP contribution in [0.2, 0.25) is 0 Å². The number of alkyl carbamates (subject to hydrolysis) is 1.